The smallest absolute Gasteiger partial charge is 0.194 e. The molecule has 0 N–H and O–H groups in total. The zero-order valence-corrected chi connectivity index (χ0v) is 33.2. The van der Waals surface area contributed by atoms with Gasteiger partial charge in [-0.15, -0.1) is 0 Å². The lowest BCUT2D eigenvalue weighted by Gasteiger charge is -2.47. The summed E-state index contributed by atoms with van der Waals surface area (Å²) in [5, 5.41) is 0.230. The maximum Gasteiger partial charge on any atom is 0.194 e. The van der Waals surface area contributed by atoms with Crippen molar-refractivity contribution in [3.05, 3.63) is 47.1 Å². The summed E-state index contributed by atoms with van der Waals surface area (Å²) < 4.78 is 13.9. The van der Waals surface area contributed by atoms with Crippen molar-refractivity contribution in [3.8, 4) is 0 Å². The summed E-state index contributed by atoms with van der Waals surface area (Å²) in [6.45, 7) is 34.0. The second-order valence-corrected chi connectivity index (χ2v) is 26.6. The van der Waals surface area contributed by atoms with Crippen LogP contribution in [0.15, 0.2) is 41.5 Å². The van der Waals surface area contributed by atoms with Crippen molar-refractivity contribution in [2.45, 2.75) is 170 Å². The molecule has 250 valence electrons. The van der Waals surface area contributed by atoms with E-state index in [2.05, 4.69) is 144 Å². The number of ketones is 1. The van der Waals surface area contributed by atoms with E-state index in [-0.39, 0.29) is 27.9 Å². The second kappa shape index (κ2) is 15.0. The highest BCUT2D eigenvalue weighted by Gasteiger charge is 2.43. The highest BCUT2D eigenvalue weighted by atomic mass is 28.4. The Bertz CT molecular complexity index is 1120. The van der Waals surface area contributed by atoms with Gasteiger partial charge in [0, 0.05) is 12.1 Å². The Morgan fingerprint density at radius 1 is 0.818 bits per heavy atom. The first kappa shape index (κ1) is 38.7. The molecule has 2 atom stereocenters. The molecule has 0 saturated heterocycles. The molecule has 0 aliphatic heterocycles. The largest absolute Gasteiger partial charge is 0.397 e. The molecular formula is C38H67NO3Si2. The van der Waals surface area contributed by atoms with Gasteiger partial charge in [0.25, 0.3) is 0 Å². The van der Waals surface area contributed by atoms with Crippen molar-refractivity contribution in [1.29, 1.82) is 0 Å². The number of carbonyl (C=O) groups excluding carboxylic acids is 1. The van der Waals surface area contributed by atoms with E-state index in [0.29, 0.717) is 12.2 Å². The van der Waals surface area contributed by atoms with Gasteiger partial charge in [-0.25, -0.2) is 0 Å². The molecule has 0 aromatic heterocycles. The molecule has 1 aliphatic carbocycles. The third kappa shape index (κ3) is 10.5. The van der Waals surface area contributed by atoms with Gasteiger partial charge in [0.15, 0.2) is 22.4 Å². The number of carbonyl (C=O) groups is 1. The Morgan fingerprint density at radius 2 is 1.32 bits per heavy atom. The summed E-state index contributed by atoms with van der Waals surface area (Å²) in [6, 6.07) is 8.78. The van der Waals surface area contributed by atoms with Crippen LogP contribution in [0.4, 0.5) is 5.69 Å². The summed E-state index contributed by atoms with van der Waals surface area (Å²) in [7, 11) is -4.03. The average molecular weight is 642 g/mol. The molecule has 0 fully saturated rings. The zero-order chi connectivity index (χ0) is 33.7. The Balaban J connectivity index is 2.41. The number of hydrogen-bond donors (Lipinski definition) is 0. The van der Waals surface area contributed by atoms with Crippen LogP contribution in [0.1, 0.15) is 127 Å². The van der Waals surface area contributed by atoms with Crippen molar-refractivity contribution in [1.82, 2.24) is 0 Å². The first-order valence-electron chi connectivity index (χ1n) is 17.2. The van der Waals surface area contributed by atoms with E-state index < -0.39 is 16.6 Å². The molecule has 1 aliphatic rings. The van der Waals surface area contributed by atoms with E-state index in [1.807, 2.05) is 0 Å². The first-order chi connectivity index (χ1) is 20.0. The van der Waals surface area contributed by atoms with E-state index in [1.165, 1.54) is 24.8 Å². The van der Waals surface area contributed by atoms with E-state index in [1.54, 1.807) is 0 Å². The second-order valence-electron chi connectivity index (χ2n) is 17.0. The number of Topliss-reactive ketones (excluding diaryl/α,β-unsaturated/α-hetero) is 1. The van der Waals surface area contributed by atoms with Crippen LogP contribution in [-0.2, 0) is 13.6 Å². The van der Waals surface area contributed by atoms with Crippen LogP contribution in [0.5, 0.6) is 0 Å². The molecule has 0 heterocycles. The first-order valence-corrected chi connectivity index (χ1v) is 23.0. The number of unbranched alkanes of at least 4 members (excludes halogenated alkanes) is 3. The predicted octanol–water partition coefficient (Wildman–Crippen LogP) is 11.9. The Labute approximate surface area is 274 Å². The highest BCUT2D eigenvalue weighted by molar-refractivity contribution is 6.74. The summed E-state index contributed by atoms with van der Waals surface area (Å²) >= 11 is 0. The van der Waals surface area contributed by atoms with Crippen molar-refractivity contribution >= 4 is 34.2 Å². The molecule has 2 rings (SSSR count). The lowest BCUT2D eigenvalue weighted by atomic mass is 9.72. The number of anilines is 1. The number of nitrogens with zero attached hydrogens (tertiary/aromatic N) is 1. The van der Waals surface area contributed by atoms with Crippen LogP contribution in [-0.4, -0.2) is 34.9 Å². The fourth-order valence-corrected chi connectivity index (χ4v) is 8.22. The van der Waals surface area contributed by atoms with E-state index in [4.69, 9.17) is 8.85 Å². The minimum Gasteiger partial charge on any atom is -0.397 e. The van der Waals surface area contributed by atoms with Gasteiger partial charge < -0.3 is 13.8 Å². The predicted molar refractivity (Wildman–Crippen MR) is 197 cm³/mol. The van der Waals surface area contributed by atoms with Gasteiger partial charge in [0.05, 0.1) is 0 Å². The third-order valence-electron chi connectivity index (χ3n) is 10.3. The van der Waals surface area contributed by atoms with E-state index >= 15 is 0 Å². The quantitative estimate of drug-likeness (QED) is 0.115. The molecule has 6 heteroatoms. The highest BCUT2D eigenvalue weighted by Crippen LogP contribution is 2.41. The van der Waals surface area contributed by atoms with Crippen LogP contribution in [0.25, 0.3) is 6.08 Å². The molecule has 1 aromatic rings. The van der Waals surface area contributed by atoms with Crippen molar-refractivity contribution in [3.63, 3.8) is 0 Å². The molecule has 2 unspecified atom stereocenters. The van der Waals surface area contributed by atoms with Crippen LogP contribution >= 0.6 is 0 Å². The lowest BCUT2D eigenvalue weighted by molar-refractivity contribution is -0.118. The molecule has 0 saturated carbocycles. The number of hydrogen-bond acceptors (Lipinski definition) is 4. The van der Waals surface area contributed by atoms with Gasteiger partial charge in [0.2, 0.25) is 0 Å². The summed E-state index contributed by atoms with van der Waals surface area (Å²) in [6.07, 6.45) is 11.4. The summed E-state index contributed by atoms with van der Waals surface area (Å²) in [4.78, 5) is 15.5. The maximum atomic E-state index is 13.1. The van der Waals surface area contributed by atoms with Crippen molar-refractivity contribution < 1.29 is 13.6 Å². The topological polar surface area (TPSA) is 38.8 Å². The van der Waals surface area contributed by atoms with Crippen LogP contribution in [0, 0.1) is 5.41 Å². The van der Waals surface area contributed by atoms with Crippen molar-refractivity contribution in [2.24, 2.45) is 5.41 Å². The van der Waals surface area contributed by atoms with Gasteiger partial charge >= 0.3 is 0 Å². The SMILES string of the molecule is CCCCCCC1=C(C=Cc2ccc(N(C(C)O[Si](C)(C)C(C)(C)C)C(C)O[Si](C)(C)C(C)(C)C)cc2)CC(C)(C)CC1=O. The van der Waals surface area contributed by atoms with Gasteiger partial charge in [0.1, 0.15) is 12.5 Å². The normalized spacial score (nSPS) is 18.2. The number of rotatable bonds is 14. The lowest BCUT2D eigenvalue weighted by Crippen LogP contribution is -2.54. The monoisotopic (exact) mass is 641 g/mol. The standard InChI is InChI=1S/C38H67NO3Si2/c1-16-17-18-19-20-34-32(27-38(10,11)28-35(34)40)24-21-31-22-25-33(26-23-31)39(29(2)41-43(12,13)36(4,5)6)30(3)42-44(14,15)37(7,8)9/h21-26,29-30H,16-20,27-28H2,1-15H3. The molecular weight excluding hydrogens is 575 g/mol. The van der Waals surface area contributed by atoms with Crippen LogP contribution in [0.3, 0.4) is 0 Å². The Hall–Kier alpha value is -1.48. The number of allylic oxidation sites excluding steroid dienone is 3. The molecule has 0 radical (unpaired) electrons. The average Bonchev–Trinajstić information content (AvgIpc) is 2.84. The number of benzene rings is 1. The van der Waals surface area contributed by atoms with Crippen LogP contribution in [0.2, 0.25) is 36.3 Å². The van der Waals surface area contributed by atoms with E-state index in [0.717, 1.165) is 36.1 Å². The molecule has 4 nitrogen and oxygen atoms in total. The minimum absolute atomic E-state index is 0.00853. The molecule has 0 spiro atoms. The fourth-order valence-electron chi connectivity index (χ4n) is 5.58. The fraction of sp³-hybridized carbons (Fsp3) is 0.711. The Kier molecular flexibility index (Phi) is 13.2. The maximum absolute atomic E-state index is 13.1. The van der Waals surface area contributed by atoms with Gasteiger partial charge in [-0.2, -0.15) is 0 Å². The summed E-state index contributed by atoms with van der Waals surface area (Å²) in [5.41, 5.74) is 4.53. The molecule has 1 aromatic carbocycles. The molecule has 44 heavy (non-hydrogen) atoms. The van der Waals surface area contributed by atoms with Crippen LogP contribution < -0.4 is 4.90 Å². The van der Waals surface area contributed by atoms with Gasteiger partial charge in [-0.05, 0) is 104 Å². The molecule has 0 amide bonds. The molecule has 0 bridgehead atoms. The van der Waals surface area contributed by atoms with Gasteiger partial charge in [-0.1, -0.05) is 106 Å². The van der Waals surface area contributed by atoms with Crippen molar-refractivity contribution in [2.75, 3.05) is 4.90 Å². The third-order valence-corrected chi connectivity index (χ3v) is 19.4. The minimum atomic E-state index is -2.02. The zero-order valence-electron chi connectivity index (χ0n) is 31.2. The van der Waals surface area contributed by atoms with Gasteiger partial charge in [-0.3, -0.25) is 4.79 Å². The van der Waals surface area contributed by atoms with E-state index in [9.17, 15) is 4.79 Å². The summed E-state index contributed by atoms with van der Waals surface area (Å²) in [5.74, 6) is 0.342. The Morgan fingerprint density at radius 3 is 1.77 bits per heavy atom.